The quantitative estimate of drug-likeness (QED) is 0.666. The van der Waals surface area contributed by atoms with Crippen LogP contribution in [-0.2, 0) is 19.9 Å². The summed E-state index contributed by atoms with van der Waals surface area (Å²) in [5.74, 6) is -0.0680. The first-order valence-electron chi connectivity index (χ1n) is 6.93. The maximum Gasteiger partial charge on any atom is 0.215 e. The van der Waals surface area contributed by atoms with Gasteiger partial charge in [-0.05, 0) is 6.92 Å². The van der Waals surface area contributed by atoms with Crippen LogP contribution in [0.15, 0.2) is 0 Å². The van der Waals surface area contributed by atoms with E-state index >= 15 is 0 Å². The third-order valence-electron chi connectivity index (χ3n) is 3.84. The zero-order valence-corrected chi connectivity index (χ0v) is 13.4. The van der Waals surface area contributed by atoms with E-state index in [1.165, 1.54) is 4.31 Å². The molecule has 1 atom stereocenters. The van der Waals surface area contributed by atoms with Gasteiger partial charge in [-0.3, -0.25) is 4.90 Å². The molecule has 0 aromatic carbocycles. The SMILES string of the molecule is CC1CS(=O)(=O)CCN1S(=O)(=O)CCN1CCNCC1. The summed E-state index contributed by atoms with van der Waals surface area (Å²) in [5, 5.41) is 3.22. The molecule has 2 fully saturated rings. The first-order chi connectivity index (χ1) is 9.30. The second-order valence-corrected chi connectivity index (χ2v) is 9.75. The zero-order chi connectivity index (χ0) is 14.8. The second kappa shape index (κ2) is 6.27. The standard InChI is InChI=1S/C11H23N3O4S2/c1-11-10-19(15,16)8-7-14(11)20(17,18)9-6-13-4-2-12-3-5-13/h11-12H,2-10H2,1H3. The highest BCUT2D eigenvalue weighted by Gasteiger charge is 2.35. The molecule has 0 bridgehead atoms. The van der Waals surface area contributed by atoms with Gasteiger partial charge in [-0.15, -0.1) is 0 Å². The molecular weight excluding hydrogens is 302 g/mol. The van der Waals surface area contributed by atoms with Crippen LogP contribution in [0.3, 0.4) is 0 Å². The highest BCUT2D eigenvalue weighted by molar-refractivity contribution is 7.92. The van der Waals surface area contributed by atoms with Gasteiger partial charge >= 0.3 is 0 Å². The largest absolute Gasteiger partial charge is 0.314 e. The van der Waals surface area contributed by atoms with E-state index in [1.807, 2.05) is 0 Å². The first kappa shape index (κ1) is 16.2. The van der Waals surface area contributed by atoms with Gasteiger partial charge in [0.25, 0.3) is 0 Å². The lowest BCUT2D eigenvalue weighted by molar-refractivity contribution is 0.251. The number of nitrogens with one attached hydrogen (secondary N) is 1. The maximum absolute atomic E-state index is 12.3. The Morgan fingerprint density at radius 2 is 1.85 bits per heavy atom. The number of sulfonamides is 1. The van der Waals surface area contributed by atoms with Crippen LogP contribution in [0.1, 0.15) is 6.92 Å². The fraction of sp³-hybridized carbons (Fsp3) is 1.00. The summed E-state index contributed by atoms with van der Waals surface area (Å²) in [4.78, 5) is 2.12. The maximum atomic E-state index is 12.3. The van der Waals surface area contributed by atoms with E-state index in [0.29, 0.717) is 6.54 Å². The molecule has 0 amide bonds. The van der Waals surface area contributed by atoms with Crippen molar-refractivity contribution in [3.63, 3.8) is 0 Å². The molecule has 9 heteroatoms. The van der Waals surface area contributed by atoms with E-state index in [2.05, 4.69) is 10.2 Å². The van der Waals surface area contributed by atoms with Gasteiger partial charge in [-0.2, -0.15) is 4.31 Å². The molecule has 0 aliphatic carbocycles. The Balaban J connectivity index is 1.92. The van der Waals surface area contributed by atoms with Crippen LogP contribution in [0.2, 0.25) is 0 Å². The third kappa shape index (κ3) is 4.14. The molecule has 0 aromatic heterocycles. The van der Waals surface area contributed by atoms with Crippen molar-refractivity contribution in [3.8, 4) is 0 Å². The molecule has 7 nitrogen and oxygen atoms in total. The Hall–Kier alpha value is -0.220. The van der Waals surface area contributed by atoms with Gasteiger partial charge in [-0.25, -0.2) is 16.8 Å². The predicted octanol–water partition coefficient (Wildman–Crippen LogP) is -1.66. The van der Waals surface area contributed by atoms with Gasteiger partial charge in [0, 0.05) is 45.3 Å². The van der Waals surface area contributed by atoms with Crippen molar-refractivity contribution in [2.24, 2.45) is 0 Å². The molecule has 0 radical (unpaired) electrons. The number of piperazine rings is 1. The Morgan fingerprint density at radius 1 is 1.20 bits per heavy atom. The monoisotopic (exact) mass is 325 g/mol. The van der Waals surface area contributed by atoms with Crippen molar-refractivity contribution in [2.45, 2.75) is 13.0 Å². The number of rotatable bonds is 4. The van der Waals surface area contributed by atoms with Crippen molar-refractivity contribution in [1.29, 1.82) is 0 Å². The van der Waals surface area contributed by atoms with Crippen LogP contribution >= 0.6 is 0 Å². The van der Waals surface area contributed by atoms with E-state index in [9.17, 15) is 16.8 Å². The second-order valence-electron chi connectivity index (χ2n) is 5.48. The van der Waals surface area contributed by atoms with Crippen LogP contribution < -0.4 is 5.32 Å². The predicted molar refractivity (Wildman–Crippen MR) is 77.9 cm³/mol. The number of sulfone groups is 1. The van der Waals surface area contributed by atoms with E-state index in [1.54, 1.807) is 6.92 Å². The van der Waals surface area contributed by atoms with Crippen molar-refractivity contribution < 1.29 is 16.8 Å². The van der Waals surface area contributed by atoms with Gasteiger partial charge in [0.15, 0.2) is 9.84 Å². The number of hydrogen-bond acceptors (Lipinski definition) is 6. The summed E-state index contributed by atoms with van der Waals surface area (Å²) >= 11 is 0. The molecule has 20 heavy (non-hydrogen) atoms. The summed E-state index contributed by atoms with van der Waals surface area (Å²) in [6, 6.07) is -0.457. The fourth-order valence-electron chi connectivity index (χ4n) is 2.69. The minimum atomic E-state index is -3.38. The molecule has 2 saturated heterocycles. The Bertz CT molecular complexity index is 526. The number of hydrogen-bond donors (Lipinski definition) is 1. The Morgan fingerprint density at radius 3 is 2.45 bits per heavy atom. The smallest absolute Gasteiger partial charge is 0.215 e. The summed E-state index contributed by atoms with van der Waals surface area (Å²) in [6.45, 7) is 5.77. The van der Waals surface area contributed by atoms with E-state index in [0.717, 1.165) is 26.2 Å². The molecule has 1 N–H and O–H groups in total. The lowest BCUT2D eigenvalue weighted by atomic mass is 10.4. The minimum Gasteiger partial charge on any atom is -0.314 e. The molecule has 2 heterocycles. The topological polar surface area (TPSA) is 86.8 Å². The summed E-state index contributed by atoms with van der Waals surface area (Å²) in [7, 11) is -6.46. The highest BCUT2D eigenvalue weighted by atomic mass is 32.2. The minimum absolute atomic E-state index is 0.0653. The molecule has 0 aromatic rings. The summed E-state index contributed by atoms with van der Waals surface area (Å²) in [5.41, 5.74) is 0. The molecular formula is C11H23N3O4S2. The van der Waals surface area contributed by atoms with Crippen LogP contribution in [0.4, 0.5) is 0 Å². The van der Waals surface area contributed by atoms with Crippen LogP contribution in [0.5, 0.6) is 0 Å². The lowest BCUT2D eigenvalue weighted by Gasteiger charge is -2.33. The number of nitrogens with zero attached hydrogens (tertiary/aromatic N) is 2. The average molecular weight is 325 g/mol. The molecule has 2 aliphatic heterocycles. The first-order valence-corrected chi connectivity index (χ1v) is 10.4. The lowest BCUT2D eigenvalue weighted by Crippen LogP contribution is -2.52. The van der Waals surface area contributed by atoms with Gasteiger partial charge in [0.05, 0.1) is 17.3 Å². The van der Waals surface area contributed by atoms with Crippen LogP contribution in [0.25, 0.3) is 0 Å². The molecule has 1 unspecified atom stereocenters. The third-order valence-corrected chi connectivity index (χ3v) is 7.59. The van der Waals surface area contributed by atoms with E-state index in [-0.39, 0.29) is 23.8 Å². The Kier molecular flexibility index (Phi) is 5.06. The van der Waals surface area contributed by atoms with Crippen LogP contribution in [-0.4, -0.2) is 88.6 Å². The molecule has 2 aliphatic rings. The van der Waals surface area contributed by atoms with Crippen molar-refractivity contribution in [2.75, 3.05) is 56.5 Å². The Labute approximate surface area is 121 Å². The van der Waals surface area contributed by atoms with Gasteiger partial charge < -0.3 is 5.32 Å². The normalized spacial score (nSPS) is 29.4. The van der Waals surface area contributed by atoms with Crippen molar-refractivity contribution in [1.82, 2.24) is 14.5 Å². The average Bonchev–Trinajstić information content (AvgIpc) is 2.36. The zero-order valence-electron chi connectivity index (χ0n) is 11.8. The van der Waals surface area contributed by atoms with Gasteiger partial charge in [0.1, 0.15) is 0 Å². The molecule has 118 valence electrons. The van der Waals surface area contributed by atoms with Crippen molar-refractivity contribution in [3.05, 3.63) is 0 Å². The highest BCUT2D eigenvalue weighted by Crippen LogP contribution is 2.16. The molecule has 2 rings (SSSR count). The van der Waals surface area contributed by atoms with Gasteiger partial charge in [-0.1, -0.05) is 0 Å². The van der Waals surface area contributed by atoms with E-state index in [4.69, 9.17) is 0 Å². The summed E-state index contributed by atoms with van der Waals surface area (Å²) < 4.78 is 49.0. The van der Waals surface area contributed by atoms with E-state index < -0.39 is 25.9 Å². The van der Waals surface area contributed by atoms with Gasteiger partial charge in [0.2, 0.25) is 10.0 Å². The molecule has 0 spiro atoms. The van der Waals surface area contributed by atoms with Crippen LogP contribution in [0, 0.1) is 0 Å². The fourth-order valence-corrected chi connectivity index (χ4v) is 6.18. The van der Waals surface area contributed by atoms with Crippen molar-refractivity contribution >= 4 is 19.9 Å². The molecule has 0 saturated carbocycles. The summed E-state index contributed by atoms with van der Waals surface area (Å²) in [6.07, 6.45) is 0.